The zero-order chi connectivity index (χ0) is 28.6. The van der Waals surface area contributed by atoms with Crippen LogP contribution in [0, 0.1) is 34.5 Å². The fraction of sp³-hybridized carbons (Fsp3) is 0.900. The Hall–Kier alpha value is -1.11. The van der Waals surface area contributed by atoms with E-state index < -0.39 is 47.8 Å². The van der Waals surface area contributed by atoms with Gasteiger partial charge >= 0.3 is 5.97 Å². The molecule has 6 rings (SSSR count). The van der Waals surface area contributed by atoms with E-state index in [1.54, 1.807) is 6.92 Å². The fourth-order valence-electron chi connectivity index (χ4n) is 10.3. The van der Waals surface area contributed by atoms with Crippen molar-refractivity contribution in [1.82, 2.24) is 0 Å². The maximum atomic E-state index is 12.4. The zero-order valence-corrected chi connectivity index (χ0v) is 23.8. The van der Waals surface area contributed by atoms with Crippen LogP contribution < -0.4 is 0 Å². The van der Waals surface area contributed by atoms with E-state index in [0.717, 1.165) is 37.7 Å². The average Bonchev–Trinajstić information content (AvgIpc) is 3.43. The number of carbonyl (C=O) groups is 1. The Balaban J connectivity index is 1.20. The van der Waals surface area contributed by atoms with E-state index in [1.165, 1.54) is 13.2 Å². The van der Waals surface area contributed by atoms with Gasteiger partial charge in [-0.15, -0.1) is 0 Å². The first-order valence-electron chi connectivity index (χ1n) is 15.1. The van der Waals surface area contributed by atoms with Gasteiger partial charge < -0.3 is 44.5 Å². The Labute approximate surface area is 235 Å². The maximum absolute atomic E-state index is 12.4. The van der Waals surface area contributed by atoms with Crippen molar-refractivity contribution in [1.29, 1.82) is 0 Å². The Kier molecular flexibility index (Phi) is 7.43. The molecule has 10 heteroatoms. The molecule has 6 aliphatic rings. The molecule has 40 heavy (non-hydrogen) atoms. The van der Waals surface area contributed by atoms with Crippen molar-refractivity contribution in [3.05, 3.63) is 11.6 Å². The normalized spacial score (nSPS) is 54.2. The second kappa shape index (κ2) is 10.3. The highest BCUT2D eigenvalue weighted by Crippen LogP contribution is 2.70. The summed E-state index contributed by atoms with van der Waals surface area (Å²) in [5.41, 5.74) is -1.24. The Morgan fingerprint density at radius 2 is 1.85 bits per heavy atom. The minimum absolute atomic E-state index is 0.0371. The number of carbonyl (C=O) groups excluding carboxylic acids is 1. The molecule has 0 bridgehead atoms. The van der Waals surface area contributed by atoms with Gasteiger partial charge in [0.1, 0.15) is 24.9 Å². The Morgan fingerprint density at radius 3 is 2.52 bits per heavy atom. The van der Waals surface area contributed by atoms with Gasteiger partial charge in [-0.2, -0.15) is 0 Å². The number of hydrogen-bond donors (Lipinski definition) is 5. The second-order valence-corrected chi connectivity index (χ2v) is 13.8. The van der Waals surface area contributed by atoms with E-state index in [4.69, 9.17) is 18.9 Å². The molecule has 0 amide bonds. The average molecular weight is 567 g/mol. The molecule has 14 atom stereocenters. The molecule has 5 fully saturated rings. The first-order chi connectivity index (χ1) is 19.0. The number of fused-ring (bicyclic) bond motifs is 5. The van der Waals surface area contributed by atoms with Crippen LogP contribution >= 0.6 is 0 Å². The summed E-state index contributed by atoms with van der Waals surface area (Å²) in [5, 5.41) is 55.7. The van der Waals surface area contributed by atoms with Crippen molar-refractivity contribution in [2.45, 2.75) is 114 Å². The molecule has 4 saturated carbocycles. The van der Waals surface area contributed by atoms with Crippen LogP contribution in [0.15, 0.2) is 11.6 Å². The summed E-state index contributed by atoms with van der Waals surface area (Å²) in [4.78, 5) is 11.8. The SMILES string of the molecule is CO[C@H]1[C@@H](O)[C@@H](C)O[C@@H](O[C@H]2CC[C@@]3(CO)[C@@H](CC[C@@H]4[C@@H]3CC[C@]3(C)[C@@H](C5=CC(=O)OC5)[C@@H](O)C[C@]43O)C2)[C@@H]1O. The molecule has 226 valence electrons. The summed E-state index contributed by atoms with van der Waals surface area (Å²) < 4.78 is 22.6. The lowest BCUT2D eigenvalue weighted by Gasteiger charge is -2.64. The van der Waals surface area contributed by atoms with E-state index in [1.807, 2.05) is 0 Å². The molecule has 0 aromatic carbocycles. The second-order valence-electron chi connectivity index (χ2n) is 13.8. The molecule has 0 unspecified atom stereocenters. The number of hydrogen-bond acceptors (Lipinski definition) is 10. The predicted octanol–water partition coefficient (Wildman–Crippen LogP) is 1.05. The van der Waals surface area contributed by atoms with Crippen molar-refractivity contribution >= 4 is 5.97 Å². The summed E-state index contributed by atoms with van der Waals surface area (Å²) in [7, 11) is 1.45. The number of cyclic esters (lactones) is 1. The number of aliphatic hydroxyl groups excluding tert-OH is 4. The highest BCUT2D eigenvalue weighted by molar-refractivity contribution is 5.85. The molecule has 10 nitrogen and oxygen atoms in total. The highest BCUT2D eigenvalue weighted by Gasteiger charge is 2.70. The molecule has 5 N–H and O–H groups in total. The van der Waals surface area contributed by atoms with Crippen molar-refractivity contribution in [3.63, 3.8) is 0 Å². The Bertz CT molecular complexity index is 1020. The van der Waals surface area contributed by atoms with Gasteiger partial charge in [0, 0.05) is 37.5 Å². The van der Waals surface area contributed by atoms with E-state index >= 15 is 0 Å². The summed E-state index contributed by atoms with van der Waals surface area (Å²) >= 11 is 0. The molecule has 0 spiro atoms. The van der Waals surface area contributed by atoms with Gasteiger partial charge in [0.15, 0.2) is 6.29 Å². The molecule has 4 aliphatic carbocycles. The predicted molar refractivity (Wildman–Crippen MR) is 141 cm³/mol. The highest BCUT2D eigenvalue weighted by atomic mass is 16.7. The van der Waals surface area contributed by atoms with Crippen LogP contribution in [0.5, 0.6) is 0 Å². The van der Waals surface area contributed by atoms with E-state index in [9.17, 15) is 30.3 Å². The third-order valence-electron chi connectivity index (χ3n) is 12.3. The van der Waals surface area contributed by atoms with Crippen LogP contribution in [-0.2, 0) is 23.7 Å². The molecule has 0 radical (unpaired) electrons. The molecule has 2 aliphatic heterocycles. The summed E-state index contributed by atoms with van der Waals surface area (Å²) in [6, 6.07) is 0. The van der Waals surface area contributed by atoms with Gasteiger partial charge in [0.2, 0.25) is 0 Å². The minimum atomic E-state index is -1.11. The van der Waals surface area contributed by atoms with Crippen molar-refractivity contribution < 1.29 is 49.3 Å². The van der Waals surface area contributed by atoms with Crippen LogP contribution in [-0.4, -0.2) is 100 Å². The number of aliphatic hydroxyl groups is 5. The van der Waals surface area contributed by atoms with Crippen molar-refractivity contribution in [2.24, 2.45) is 34.5 Å². The summed E-state index contributed by atoms with van der Waals surface area (Å²) in [6.45, 7) is 4.01. The maximum Gasteiger partial charge on any atom is 0.331 e. The van der Waals surface area contributed by atoms with Crippen LogP contribution in [0.1, 0.15) is 65.2 Å². The standard InChI is InChI=1S/C30H46O10/c1-15-24(34)26(37-3)25(35)27(39-15)40-18-6-9-29(14-31)17(11-18)4-5-20-19(29)7-8-28(2)23(16-10-22(33)38-13-16)21(32)12-30(20,28)36/h10,15,17-21,23-27,31-32,34-36H,4-9,11-14H2,1-3H3/t15-,17+,18+,19+,20-,21+,23+,24+,25-,26+,27+,28-,29-,30+/m1/s1. The van der Waals surface area contributed by atoms with Crippen LogP contribution in [0.25, 0.3) is 0 Å². The summed E-state index contributed by atoms with van der Waals surface area (Å²) in [6.07, 6.45) is 1.86. The van der Waals surface area contributed by atoms with Gasteiger partial charge in [-0.25, -0.2) is 4.79 Å². The Morgan fingerprint density at radius 1 is 1.07 bits per heavy atom. The third kappa shape index (κ3) is 4.08. The minimum Gasteiger partial charge on any atom is -0.458 e. The largest absolute Gasteiger partial charge is 0.458 e. The van der Waals surface area contributed by atoms with E-state index in [2.05, 4.69) is 6.92 Å². The summed E-state index contributed by atoms with van der Waals surface area (Å²) in [5.74, 6) is -0.461. The van der Waals surface area contributed by atoms with Crippen molar-refractivity contribution in [3.8, 4) is 0 Å². The van der Waals surface area contributed by atoms with E-state index in [0.29, 0.717) is 12.8 Å². The monoisotopic (exact) mass is 566 g/mol. The van der Waals surface area contributed by atoms with Crippen LogP contribution in [0.4, 0.5) is 0 Å². The molecular formula is C30H46O10. The number of ether oxygens (including phenoxy) is 4. The third-order valence-corrected chi connectivity index (χ3v) is 12.3. The topological polar surface area (TPSA) is 155 Å². The van der Waals surface area contributed by atoms with Gasteiger partial charge in [-0.05, 0) is 80.6 Å². The number of esters is 1. The van der Waals surface area contributed by atoms with Gasteiger partial charge in [-0.3, -0.25) is 0 Å². The lowest BCUT2D eigenvalue weighted by Crippen LogP contribution is -2.64. The van der Waals surface area contributed by atoms with Gasteiger partial charge in [0.05, 0.1) is 23.9 Å². The lowest BCUT2D eigenvalue weighted by atomic mass is 9.43. The fourth-order valence-corrected chi connectivity index (χ4v) is 10.3. The smallest absolute Gasteiger partial charge is 0.331 e. The first-order valence-corrected chi connectivity index (χ1v) is 15.1. The molecule has 0 aromatic heterocycles. The quantitative estimate of drug-likeness (QED) is 0.241. The van der Waals surface area contributed by atoms with Crippen LogP contribution in [0.2, 0.25) is 0 Å². The molecule has 1 saturated heterocycles. The molecular weight excluding hydrogens is 520 g/mol. The number of methoxy groups -OCH3 is 1. The molecule has 2 heterocycles. The zero-order valence-electron chi connectivity index (χ0n) is 23.8. The van der Waals surface area contributed by atoms with E-state index in [-0.39, 0.29) is 60.8 Å². The molecule has 0 aromatic rings. The van der Waals surface area contributed by atoms with Crippen LogP contribution in [0.3, 0.4) is 0 Å². The first kappa shape index (κ1) is 29.0. The lowest BCUT2D eigenvalue weighted by molar-refractivity contribution is -0.314. The van der Waals surface area contributed by atoms with Gasteiger partial charge in [0.25, 0.3) is 0 Å². The van der Waals surface area contributed by atoms with Gasteiger partial charge in [-0.1, -0.05) is 6.92 Å². The number of rotatable bonds is 5. The van der Waals surface area contributed by atoms with Crippen molar-refractivity contribution in [2.75, 3.05) is 20.3 Å².